The minimum Gasteiger partial charge on any atom is -0.360 e. The molecule has 2 heterocycles. The molecule has 1 unspecified atom stereocenters. The Hall–Kier alpha value is -2.19. The fourth-order valence-corrected chi connectivity index (χ4v) is 3.97. The van der Waals surface area contributed by atoms with E-state index >= 15 is 0 Å². The van der Waals surface area contributed by atoms with Gasteiger partial charge in [0, 0.05) is 28.8 Å². The highest BCUT2D eigenvalue weighted by molar-refractivity contribution is 9.10. The molecule has 0 saturated heterocycles. The van der Waals surface area contributed by atoms with E-state index in [1.807, 2.05) is 0 Å². The number of nitrogens with one attached hydrogen (secondary N) is 1. The highest BCUT2D eigenvalue weighted by atomic mass is 79.9. The van der Waals surface area contributed by atoms with Gasteiger partial charge in [-0.15, -0.1) is 0 Å². The van der Waals surface area contributed by atoms with Crippen LogP contribution in [0.15, 0.2) is 33.4 Å². The Labute approximate surface area is 174 Å². The molecule has 9 heteroatoms. The fourth-order valence-electron chi connectivity index (χ4n) is 3.33. The Morgan fingerprint density at radius 3 is 3.11 bits per heavy atom. The number of anilines is 1. The molecular weight excluding hydrogens is 451 g/mol. The van der Waals surface area contributed by atoms with Crippen molar-refractivity contribution in [2.45, 2.75) is 32.7 Å². The Kier molecular flexibility index (Phi) is 5.25. The summed E-state index contributed by atoms with van der Waals surface area (Å²) in [6, 6.07) is 4.51. The van der Waals surface area contributed by atoms with Crippen LogP contribution in [0, 0.1) is 11.7 Å². The standard InChI is InChI=1S/C19H17BrClFN4O2/c1-10-5-6-16-11(7-10)17(25-28-16)19(27)23-18-13(20)9-26(24-18)8-12-14(21)3-2-4-15(12)22/h2-4,9-10H,5-8H2,1H3,(H,23,24,27). The molecule has 1 amide bonds. The summed E-state index contributed by atoms with van der Waals surface area (Å²) in [6.45, 7) is 2.28. The van der Waals surface area contributed by atoms with E-state index in [0.717, 1.165) is 30.6 Å². The Balaban J connectivity index is 1.53. The fraction of sp³-hybridized carbons (Fsp3) is 0.316. The number of benzene rings is 1. The molecule has 2 aromatic heterocycles. The molecule has 1 aromatic carbocycles. The van der Waals surface area contributed by atoms with Gasteiger partial charge in [-0.25, -0.2) is 4.39 Å². The highest BCUT2D eigenvalue weighted by Crippen LogP contribution is 2.29. The molecule has 1 atom stereocenters. The molecule has 0 radical (unpaired) electrons. The number of nitrogens with zero attached hydrogens (tertiary/aromatic N) is 3. The van der Waals surface area contributed by atoms with Gasteiger partial charge in [0.15, 0.2) is 11.5 Å². The summed E-state index contributed by atoms with van der Waals surface area (Å²) in [7, 11) is 0. The summed E-state index contributed by atoms with van der Waals surface area (Å²) in [5.74, 6) is 0.789. The number of fused-ring (bicyclic) bond motifs is 1. The Morgan fingerprint density at radius 1 is 1.50 bits per heavy atom. The smallest absolute Gasteiger partial charge is 0.279 e. The van der Waals surface area contributed by atoms with Gasteiger partial charge in [-0.05, 0) is 46.8 Å². The van der Waals surface area contributed by atoms with Crippen LogP contribution in [0.3, 0.4) is 0 Å². The first-order chi connectivity index (χ1) is 13.4. The second-order valence-corrected chi connectivity index (χ2v) is 8.22. The maximum atomic E-state index is 14.0. The molecule has 6 nitrogen and oxygen atoms in total. The number of carbonyl (C=O) groups excluding carboxylic acids is 1. The molecule has 146 valence electrons. The lowest BCUT2D eigenvalue weighted by Gasteiger charge is -2.16. The van der Waals surface area contributed by atoms with Crippen molar-refractivity contribution in [1.82, 2.24) is 14.9 Å². The summed E-state index contributed by atoms with van der Waals surface area (Å²) in [6.07, 6.45) is 4.23. The zero-order chi connectivity index (χ0) is 19.8. The molecular formula is C19H17BrClFN4O2. The lowest BCUT2D eigenvalue weighted by molar-refractivity contribution is 0.101. The summed E-state index contributed by atoms with van der Waals surface area (Å²) in [4.78, 5) is 12.7. The number of carbonyl (C=O) groups is 1. The van der Waals surface area contributed by atoms with Gasteiger partial charge >= 0.3 is 0 Å². The van der Waals surface area contributed by atoms with Crippen LogP contribution in [0.4, 0.5) is 10.2 Å². The van der Waals surface area contributed by atoms with Crippen LogP contribution < -0.4 is 5.32 Å². The molecule has 0 aliphatic heterocycles. The van der Waals surface area contributed by atoms with Gasteiger partial charge in [0.2, 0.25) is 0 Å². The van der Waals surface area contributed by atoms with E-state index < -0.39 is 5.82 Å². The first-order valence-corrected chi connectivity index (χ1v) is 10.0. The molecule has 0 fully saturated rings. The van der Waals surface area contributed by atoms with Crippen LogP contribution in [0.25, 0.3) is 0 Å². The van der Waals surface area contributed by atoms with Crippen molar-refractivity contribution in [3.63, 3.8) is 0 Å². The van der Waals surface area contributed by atoms with Gasteiger partial charge in [-0.1, -0.05) is 29.7 Å². The van der Waals surface area contributed by atoms with E-state index in [9.17, 15) is 9.18 Å². The zero-order valence-electron chi connectivity index (χ0n) is 15.0. The monoisotopic (exact) mass is 466 g/mol. The number of hydrogen-bond donors (Lipinski definition) is 1. The van der Waals surface area contributed by atoms with Crippen molar-refractivity contribution < 1.29 is 13.7 Å². The number of hydrogen-bond acceptors (Lipinski definition) is 4. The van der Waals surface area contributed by atoms with E-state index in [2.05, 4.69) is 38.4 Å². The van der Waals surface area contributed by atoms with E-state index in [-0.39, 0.29) is 12.5 Å². The summed E-state index contributed by atoms with van der Waals surface area (Å²) >= 11 is 9.45. The van der Waals surface area contributed by atoms with Crippen molar-refractivity contribution in [2.24, 2.45) is 5.92 Å². The molecule has 3 aromatic rings. The third-order valence-corrected chi connectivity index (χ3v) is 5.77. The minimum atomic E-state index is -0.409. The zero-order valence-corrected chi connectivity index (χ0v) is 17.3. The highest BCUT2D eigenvalue weighted by Gasteiger charge is 2.27. The van der Waals surface area contributed by atoms with Crippen molar-refractivity contribution in [1.29, 1.82) is 0 Å². The first-order valence-electron chi connectivity index (χ1n) is 8.87. The predicted octanol–water partition coefficient (Wildman–Crippen LogP) is 4.85. The van der Waals surface area contributed by atoms with Gasteiger partial charge < -0.3 is 9.84 Å². The second-order valence-electron chi connectivity index (χ2n) is 6.96. The molecule has 0 saturated carbocycles. The molecule has 4 rings (SSSR count). The van der Waals surface area contributed by atoms with Crippen LogP contribution in [0.1, 0.15) is 40.7 Å². The molecule has 28 heavy (non-hydrogen) atoms. The van der Waals surface area contributed by atoms with Crippen molar-refractivity contribution >= 4 is 39.3 Å². The van der Waals surface area contributed by atoms with E-state index in [1.165, 1.54) is 10.7 Å². The normalized spacial score (nSPS) is 16.1. The quantitative estimate of drug-likeness (QED) is 0.595. The van der Waals surface area contributed by atoms with Gasteiger partial charge in [-0.2, -0.15) is 5.10 Å². The third-order valence-electron chi connectivity index (χ3n) is 4.83. The van der Waals surface area contributed by atoms with Crippen LogP contribution in [0.2, 0.25) is 5.02 Å². The molecule has 1 N–H and O–H groups in total. The number of halogens is 3. The van der Waals surface area contributed by atoms with Gasteiger partial charge in [0.25, 0.3) is 5.91 Å². The van der Waals surface area contributed by atoms with Crippen molar-refractivity contribution in [3.05, 3.63) is 62.3 Å². The van der Waals surface area contributed by atoms with Crippen LogP contribution in [-0.2, 0) is 19.4 Å². The topological polar surface area (TPSA) is 73.0 Å². The van der Waals surface area contributed by atoms with Crippen LogP contribution in [-0.4, -0.2) is 20.8 Å². The van der Waals surface area contributed by atoms with Crippen molar-refractivity contribution in [3.8, 4) is 0 Å². The summed E-state index contributed by atoms with van der Waals surface area (Å²) in [5.41, 5.74) is 1.49. The molecule has 0 bridgehead atoms. The Morgan fingerprint density at radius 2 is 2.32 bits per heavy atom. The lowest BCUT2D eigenvalue weighted by Crippen LogP contribution is -2.18. The third kappa shape index (κ3) is 3.71. The summed E-state index contributed by atoms with van der Waals surface area (Å²) in [5, 5.41) is 11.3. The SMILES string of the molecule is CC1CCc2onc(C(=O)Nc3nn(Cc4c(F)cccc4Cl)cc3Br)c2C1. The maximum absolute atomic E-state index is 14.0. The largest absolute Gasteiger partial charge is 0.360 e. The van der Waals surface area contributed by atoms with Gasteiger partial charge in [0.1, 0.15) is 11.6 Å². The van der Waals surface area contributed by atoms with Crippen LogP contribution in [0.5, 0.6) is 0 Å². The molecule has 1 aliphatic rings. The first kappa shape index (κ1) is 19.1. The van der Waals surface area contributed by atoms with Crippen molar-refractivity contribution in [2.75, 3.05) is 5.32 Å². The average Bonchev–Trinajstić information content (AvgIpc) is 3.21. The number of rotatable bonds is 4. The van der Waals surface area contributed by atoms with Gasteiger partial charge in [-0.3, -0.25) is 9.48 Å². The van der Waals surface area contributed by atoms with Crippen LogP contribution >= 0.6 is 27.5 Å². The number of amides is 1. The second kappa shape index (κ2) is 7.67. The number of aryl methyl sites for hydroxylation is 1. The van der Waals surface area contributed by atoms with E-state index in [0.29, 0.717) is 32.5 Å². The van der Waals surface area contributed by atoms with E-state index in [4.69, 9.17) is 16.1 Å². The van der Waals surface area contributed by atoms with Gasteiger partial charge in [0.05, 0.1) is 11.0 Å². The Bertz CT molecular complexity index is 1030. The minimum absolute atomic E-state index is 0.136. The summed E-state index contributed by atoms with van der Waals surface area (Å²) < 4.78 is 21.4. The van der Waals surface area contributed by atoms with E-state index in [1.54, 1.807) is 18.3 Å². The predicted molar refractivity (Wildman–Crippen MR) is 106 cm³/mol. The number of aromatic nitrogens is 3. The molecule has 1 aliphatic carbocycles. The average molecular weight is 468 g/mol. The maximum Gasteiger partial charge on any atom is 0.279 e. The molecule has 0 spiro atoms. The lowest BCUT2D eigenvalue weighted by atomic mass is 9.88.